The third kappa shape index (κ3) is 2.60. The van der Waals surface area contributed by atoms with E-state index in [0.29, 0.717) is 5.92 Å². The van der Waals surface area contributed by atoms with Crippen molar-refractivity contribution in [3.63, 3.8) is 0 Å². The molecule has 0 amide bonds. The third-order valence-corrected chi connectivity index (χ3v) is 4.29. The molecule has 94 valence electrons. The summed E-state index contributed by atoms with van der Waals surface area (Å²) >= 11 is 6.50. The first-order valence-corrected chi connectivity index (χ1v) is 6.86. The van der Waals surface area contributed by atoms with E-state index in [9.17, 15) is 0 Å². The Morgan fingerprint density at radius 2 is 1.88 bits per heavy atom. The van der Waals surface area contributed by atoms with Crippen molar-refractivity contribution in [1.82, 2.24) is 0 Å². The molecule has 2 unspecified atom stereocenters. The van der Waals surface area contributed by atoms with Gasteiger partial charge in [0, 0.05) is 16.9 Å². The van der Waals surface area contributed by atoms with E-state index in [2.05, 4.69) is 26.0 Å². The predicted octanol–water partition coefficient (Wildman–Crippen LogP) is 4.58. The van der Waals surface area contributed by atoms with E-state index in [1.165, 1.54) is 36.0 Å². The first-order valence-electron chi connectivity index (χ1n) is 6.42. The van der Waals surface area contributed by atoms with Gasteiger partial charge in [0.2, 0.25) is 0 Å². The van der Waals surface area contributed by atoms with Crippen LogP contribution >= 0.6 is 11.6 Å². The average molecular weight is 253 g/mol. The standard InChI is InChI=1S/C15H21ClO/c1-10-8-11(2)15(14(9-10)17-3)12-6-4-5-7-13(12)16/h8-9,12-13H,4-7H2,1-3H3. The van der Waals surface area contributed by atoms with Crippen LogP contribution < -0.4 is 4.74 Å². The van der Waals surface area contributed by atoms with Crippen LogP contribution in [0, 0.1) is 13.8 Å². The summed E-state index contributed by atoms with van der Waals surface area (Å²) in [7, 11) is 1.75. The summed E-state index contributed by atoms with van der Waals surface area (Å²) < 4.78 is 5.55. The summed E-state index contributed by atoms with van der Waals surface area (Å²) in [4.78, 5) is 0. The van der Waals surface area contributed by atoms with Gasteiger partial charge in [-0.25, -0.2) is 0 Å². The van der Waals surface area contributed by atoms with Gasteiger partial charge in [0.05, 0.1) is 7.11 Å². The Morgan fingerprint density at radius 1 is 1.18 bits per heavy atom. The van der Waals surface area contributed by atoms with E-state index in [0.717, 1.165) is 12.2 Å². The minimum absolute atomic E-state index is 0.263. The third-order valence-electron chi connectivity index (χ3n) is 3.77. The van der Waals surface area contributed by atoms with Gasteiger partial charge < -0.3 is 4.74 Å². The highest BCUT2D eigenvalue weighted by Gasteiger charge is 2.28. The van der Waals surface area contributed by atoms with E-state index in [-0.39, 0.29) is 5.38 Å². The minimum atomic E-state index is 0.263. The molecule has 1 aliphatic carbocycles. The van der Waals surface area contributed by atoms with E-state index in [4.69, 9.17) is 16.3 Å². The number of rotatable bonds is 2. The quantitative estimate of drug-likeness (QED) is 0.701. The van der Waals surface area contributed by atoms with Crippen LogP contribution in [-0.4, -0.2) is 12.5 Å². The Bertz CT molecular complexity index is 400. The Kier molecular flexibility index (Phi) is 3.98. The lowest BCUT2D eigenvalue weighted by atomic mass is 9.81. The fourth-order valence-electron chi connectivity index (χ4n) is 2.99. The molecule has 1 saturated carbocycles. The first-order chi connectivity index (χ1) is 8.13. The zero-order chi connectivity index (χ0) is 12.4. The number of ether oxygens (including phenoxy) is 1. The average Bonchev–Trinajstić information content (AvgIpc) is 2.29. The number of benzene rings is 1. The maximum Gasteiger partial charge on any atom is 0.122 e. The van der Waals surface area contributed by atoms with E-state index in [1.54, 1.807) is 7.11 Å². The number of halogens is 1. The molecule has 2 rings (SSSR count). The molecule has 2 atom stereocenters. The van der Waals surface area contributed by atoms with Crippen molar-refractivity contribution >= 4 is 11.6 Å². The number of hydrogen-bond acceptors (Lipinski definition) is 1. The molecule has 2 heteroatoms. The monoisotopic (exact) mass is 252 g/mol. The van der Waals surface area contributed by atoms with Crippen molar-refractivity contribution < 1.29 is 4.74 Å². The smallest absolute Gasteiger partial charge is 0.122 e. The highest BCUT2D eigenvalue weighted by molar-refractivity contribution is 6.21. The normalized spacial score (nSPS) is 24.7. The minimum Gasteiger partial charge on any atom is -0.496 e. The molecular weight excluding hydrogens is 232 g/mol. The topological polar surface area (TPSA) is 9.23 Å². The van der Waals surface area contributed by atoms with Crippen molar-refractivity contribution in [3.8, 4) is 5.75 Å². The van der Waals surface area contributed by atoms with Crippen molar-refractivity contribution in [2.24, 2.45) is 0 Å². The van der Waals surface area contributed by atoms with Gasteiger partial charge in [-0.15, -0.1) is 11.6 Å². The van der Waals surface area contributed by atoms with Crippen LogP contribution in [0.25, 0.3) is 0 Å². The van der Waals surface area contributed by atoms with Crippen molar-refractivity contribution in [3.05, 3.63) is 28.8 Å². The van der Waals surface area contributed by atoms with E-state index in [1.807, 2.05) is 0 Å². The lowest BCUT2D eigenvalue weighted by Crippen LogP contribution is -2.19. The van der Waals surface area contributed by atoms with E-state index >= 15 is 0 Å². The molecule has 1 aromatic rings. The summed E-state index contributed by atoms with van der Waals surface area (Å²) in [6.45, 7) is 4.28. The molecule has 1 aliphatic rings. The van der Waals surface area contributed by atoms with Crippen LogP contribution in [0.5, 0.6) is 5.75 Å². The number of methoxy groups -OCH3 is 1. The summed E-state index contributed by atoms with van der Waals surface area (Å²) in [6.07, 6.45) is 4.86. The van der Waals surface area contributed by atoms with E-state index < -0.39 is 0 Å². The largest absolute Gasteiger partial charge is 0.496 e. The molecule has 1 aromatic carbocycles. The molecule has 0 radical (unpaired) electrons. The molecule has 17 heavy (non-hydrogen) atoms. The van der Waals surface area contributed by atoms with Gasteiger partial charge in [-0.2, -0.15) is 0 Å². The molecule has 0 spiro atoms. The number of aryl methyl sites for hydroxylation is 2. The van der Waals surface area contributed by atoms with Gasteiger partial charge in [0.1, 0.15) is 5.75 Å². The van der Waals surface area contributed by atoms with Crippen molar-refractivity contribution in [2.45, 2.75) is 50.8 Å². The molecule has 0 bridgehead atoms. The van der Waals surface area contributed by atoms with Crippen LogP contribution in [0.3, 0.4) is 0 Å². The highest BCUT2D eigenvalue weighted by Crippen LogP contribution is 2.42. The van der Waals surface area contributed by atoms with Gasteiger partial charge >= 0.3 is 0 Å². The second-order valence-corrected chi connectivity index (χ2v) is 5.67. The number of alkyl halides is 1. The fraction of sp³-hybridized carbons (Fsp3) is 0.600. The molecule has 0 heterocycles. The Morgan fingerprint density at radius 3 is 2.53 bits per heavy atom. The molecule has 1 nitrogen and oxygen atoms in total. The Balaban J connectivity index is 2.42. The summed E-state index contributed by atoms with van der Waals surface area (Å²) in [5.41, 5.74) is 3.90. The summed E-state index contributed by atoms with van der Waals surface area (Å²) in [5.74, 6) is 1.47. The van der Waals surface area contributed by atoms with Gasteiger partial charge in [-0.05, 0) is 43.9 Å². The first kappa shape index (κ1) is 12.8. The maximum absolute atomic E-state index is 6.50. The van der Waals surface area contributed by atoms with Crippen LogP contribution in [0.15, 0.2) is 12.1 Å². The van der Waals surface area contributed by atoms with Crippen LogP contribution in [0.4, 0.5) is 0 Å². The Labute approximate surface area is 109 Å². The van der Waals surface area contributed by atoms with Gasteiger partial charge in [0.25, 0.3) is 0 Å². The highest BCUT2D eigenvalue weighted by atomic mass is 35.5. The van der Waals surface area contributed by atoms with Gasteiger partial charge in [0.15, 0.2) is 0 Å². The molecule has 0 aromatic heterocycles. The van der Waals surface area contributed by atoms with Crippen LogP contribution in [0.2, 0.25) is 0 Å². The SMILES string of the molecule is COc1cc(C)cc(C)c1C1CCCCC1Cl. The predicted molar refractivity (Wildman–Crippen MR) is 73.3 cm³/mol. The lowest BCUT2D eigenvalue weighted by Gasteiger charge is -2.30. The second-order valence-electron chi connectivity index (χ2n) is 5.10. The molecule has 0 saturated heterocycles. The molecule has 0 aliphatic heterocycles. The zero-order valence-electron chi connectivity index (χ0n) is 10.9. The van der Waals surface area contributed by atoms with Gasteiger partial charge in [-0.1, -0.05) is 18.9 Å². The summed E-state index contributed by atoms with van der Waals surface area (Å²) in [5, 5.41) is 0.263. The lowest BCUT2D eigenvalue weighted by molar-refractivity contribution is 0.388. The van der Waals surface area contributed by atoms with Crippen LogP contribution in [-0.2, 0) is 0 Å². The molecular formula is C15H21ClO. The summed E-state index contributed by atoms with van der Waals surface area (Å²) in [6, 6.07) is 4.36. The van der Waals surface area contributed by atoms with Crippen LogP contribution in [0.1, 0.15) is 48.3 Å². The molecule has 1 fully saturated rings. The Hall–Kier alpha value is -0.690. The van der Waals surface area contributed by atoms with Crippen molar-refractivity contribution in [1.29, 1.82) is 0 Å². The fourth-order valence-corrected chi connectivity index (χ4v) is 3.40. The van der Waals surface area contributed by atoms with Gasteiger partial charge in [-0.3, -0.25) is 0 Å². The second kappa shape index (κ2) is 5.30. The maximum atomic E-state index is 6.50. The van der Waals surface area contributed by atoms with Crippen molar-refractivity contribution in [2.75, 3.05) is 7.11 Å². The zero-order valence-corrected chi connectivity index (χ0v) is 11.7. The molecule has 0 N–H and O–H groups in total. The number of hydrogen-bond donors (Lipinski definition) is 0.